The molecule has 0 aromatic heterocycles. The van der Waals surface area contributed by atoms with Gasteiger partial charge >= 0.3 is 0 Å². The molecule has 1 heterocycles. The molecule has 0 N–H and O–H groups in total. The minimum Gasteiger partial charge on any atom is -0.484 e. The Morgan fingerprint density at radius 2 is 1.70 bits per heavy atom. The number of halogens is 1. The van der Waals surface area contributed by atoms with E-state index in [0.717, 1.165) is 0 Å². The average molecular weight is 384 g/mol. The van der Waals surface area contributed by atoms with Gasteiger partial charge in [0.1, 0.15) is 5.75 Å². The van der Waals surface area contributed by atoms with Gasteiger partial charge in [0.2, 0.25) is 0 Å². The number of amides is 2. The molecule has 2 aromatic carbocycles. The van der Waals surface area contributed by atoms with Crippen LogP contribution in [0.15, 0.2) is 48.5 Å². The van der Waals surface area contributed by atoms with Gasteiger partial charge in [-0.3, -0.25) is 9.59 Å². The molecule has 1 aliphatic rings. The number of benzene rings is 2. The van der Waals surface area contributed by atoms with Gasteiger partial charge in [-0.1, -0.05) is 17.7 Å². The molecule has 1 aliphatic heterocycles. The summed E-state index contributed by atoms with van der Waals surface area (Å²) in [7, 11) is 0. The molecule has 2 aromatic rings. The number of rotatable bonds is 4. The van der Waals surface area contributed by atoms with Gasteiger partial charge in [-0.15, -0.1) is 0 Å². The first-order chi connectivity index (χ1) is 13.1. The molecule has 6 nitrogen and oxygen atoms in total. The van der Waals surface area contributed by atoms with Crippen LogP contribution in [-0.2, 0) is 4.79 Å². The zero-order valence-electron chi connectivity index (χ0n) is 14.6. The van der Waals surface area contributed by atoms with E-state index in [0.29, 0.717) is 48.1 Å². The van der Waals surface area contributed by atoms with E-state index < -0.39 is 0 Å². The van der Waals surface area contributed by atoms with E-state index >= 15 is 0 Å². The third kappa shape index (κ3) is 4.78. The Hall–Kier alpha value is -3.04. The summed E-state index contributed by atoms with van der Waals surface area (Å²) < 4.78 is 5.48. The Morgan fingerprint density at radius 3 is 2.33 bits per heavy atom. The van der Waals surface area contributed by atoms with Crippen molar-refractivity contribution in [3.63, 3.8) is 0 Å². The lowest BCUT2D eigenvalue weighted by molar-refractivity contribution is -0.134. The number of carbonyl (C=O) groups is 2. The number of carbonyl (C=O) groups excluding carboxylic acids is 2. The fourth-order valence-electron chi connectivity index (χ4n) is 2.83. The van der Waals surface area contributed by atoms with Crippen molar-refractivity contribution in [3.05, 3.63) is 64.7 Å². The molecular weight excluding hydrogens is 366 g/mol. The first-order valence-corrected chi connectivity index (χ1v) is 8.90. The van der Waals surface area contributed by atoms with Gasteiger partial charge in [-0.25, -0.2) is 0 Å². The fraction of sp³-hybridized carbons (Fsp3) is 0.250. The minimum absolute atomic E-state index is 0.0753. The molecule has 0 spiro atoms. The number of hydrogen-bond acceptors (Lipinski definition) is 4. The topological polar surface area (TPSA) is 73.6 Å². The van der Waals surface area contributed by atoms with Crippen LogP contribution < -0.4 is 4.74 Å². The standard InChI is InChI=1S/C20H18ClN3O3/c21-17-3-1-2-16(12-17)20(26)24-10-8-23(9-11-24)19(25)14-27-18-6-4-15(13-22)5-7-18/h1-7,12H,8-11,14H2. The lowest BCUT2D eigenvalue weighted by Gasteiger charge is -2.34. The zero-order chi connectivity index (χ0) is 19.2. The first-order valence-electron chi connectivity index (χ1n) is 8.52. The van der Waals surface area contributed by atoms with Crippen LogP contribution in [0, 0.1) is 11.3 Å². The van der Waals surface area contributed by atoms with Gasteiger partial charge < -0.3 is 14.5 Å². The Balaban J connectivity index is 1.48. The molecule has 3 rings (SSSR count). The molecule has 0 saturated carbocycles. The predicted octanol–water partition coefficient (Wildman–Crippen LogP) is 2.58. The summed E-state index contributed by atoms with van der Waals surface area (Å²) in [6.07, 6.45) is 0. The van der Waals surface area contributed by atoms with E-state index in [1.165, 1.54) is 0 Å². The number of nitrogens with zero attached hydrogens (tertiary/aromatic N) is 3. The maximum absolute atomic E-state index is 12.5. The van der Waals surface area contributed by atoms with Crippen molar-refractivity contribution in [1.82, 2.24) is 9.80 Å². The minimum atomic E-state index is -0.130. The van der Waals surface area contributed by atoms with Crippen LogP contribution in [0.1, 0.15) is 15.9 Å². The van der Waals surface area contributed by atoms with Crippen molar-refractivity contribution in [2.24, 2.45) is 0 Å². The van der Waals surface area contributed by atoms with Crippen molar-refractivity contribution < 1.29 is 14.3 Å². The molecule has 0 bridgehead atoms. The molecule has 7 heteroatoms. The highest BCUT2D eigenvalue weighted by molar-refractivity contribution is 6.30. The van der Waals surface area contributed by atoms with Crippen molar-refractivity contribution in [2.45, 2.75) is 0 Å². The van der Waals surface area contributed by atoms with E-state index in [-0.39, 0.29) is 18.4 Å². The second-order valence-corrected chi connectivity index (χ2v) is 6.54. The molecule has 0 aliphatic carbocycles. The molecule has 0 radical (unpaired) electrons. The van der Waals surface area contributed by atoms with Crippen LogP contribution in [0.25, 0.3) is 0 Å². The van der Waals surface area contributed by atoms with E-state index in [1.54, 1.807) is 58.3 Å². The second kappa shape index (κ2) is 8.56. The monoisotopic (exact) mass is 383 g/mol. The maximum atomic E-state index is 12.5. The molecule has 0 atom stereocenters. The lowest BCUT2D eigenvalue weighted by Crippen LogP contribution is -2.51. The third-order valence-electron chi connectivity index (χ3n) is 4.34. The van der Waals surface area contributed by atoms with E-state index in [4.69, 9.17) is 21.6 Å². The molecule has 1 fully saturated rings. The molecule has 27 heavy (non-hydrogen) atoms. The van der Waals surface area contributed by atoms with Gasteiger partial charge in [-0.2, -0.15) is 5.26 Å². The summed E-state index contributed by atoms with van der Waals surface area (Å²) >= 11 is 5.94. The normalized spacial score (nSPS) is 13.8. The smallest absolute Gasteiger partial charge is 0.260 e. The Bertz CT molecular complexity index is 869. The maximum Gasteiger partial charge on any atom is 0.260 e. The Kier molecular flexibility index (Phi) is 5.94. The molecule has 2 amide bonds. The summed E-state index contributed by atoms with van der Waals surface area (Å²) in [5.41, 5.74) is 1.08. The van der Waals surface area contributed by atoms with Crippen molar-refractivity contribution in [3.8, 4) is 11.8 Å². The summed E-state index contributed by atoms with van der Waals surface area (Å²) in [4.78, 5) is 28.2. The van der Waals surface area contributed by atoms with Gasteiger partial charge in [0.05, 0.1) is 11.6 Å². The van der Waals surface area contributed by atoms with Gasteiger partial charge in [0.25, 0.3) is 11.8 Å². The molecule has 0 unspecified atom stereocenters. The summed E-state index contributed by atoms with van der Waals surface area (Å²) in [6.45, 7) is 1.78. The molecular formula is C20H18ClN3O3. The van der Waals surface area contributed by atoms with Crippen LogP contribution in [0.3, 0.4) is 0 Å². The van der Waals surface area contributed by atoms with Crippen LogP contribution in [0.4, 0.5) is 0 Å². The van der Waals surface area contributed by atoms with Crippen molar-refractivity contribution in [2.75, 3.05) is 32.8 Å². The fourth-order valence-corrected chi connectivity index (χ4v) is 3.02. The van der Waals surface area contributed by atoms with Crippen LogP contribution in [0.2, 0.25) is 5.02 Å². The quantitative estimate of drug-likeness (QED) is 0.813. The number of hydrogen-bond donors (Lipinski definition) is 0. The first kappa shape index (κ1) is 18.7. The second-order valence-electron chi connectivity index (χ2n) is 6.11. The van der Waals surface area contributed by atoms with E-state index in [2.05, 4.69) is 0 Å². The highest BCUT2D eigenvalue weighted by atomic mass is 35.5. The van der Waals surface area contributed by atoms with E-state index in [9.17, 15) is 9.59 Å². The lowest BCUT2D eigenvalue weighted by atomic mass is 10.2. The van der Waals surface area contributed by atoms with Crippen LogP contribution in [0.5, 0.6) is 5.75 Å². The number of nitriles is 1. The predicted molar refractivity (Wildman–Crippen MR) is 101 cm³/mol. The van der Waals surface area contributed by atoms with Crippen LogP contribution in [-0.4, -0.2) is 54.4 Å². The third-order valence-corrected chi connectivity index (χ3v) is 4.57. The molecule has 138 valence electrons. The SMILES string of the molecule is N#Cc1ccc(OCC(=O)N2CCN(C(=O)c3cccc(Cl)c3)CC2)cc1. The number of piperazine rings is 1. The highest BCUT2D eigenvalue weighted by Crippen LogP contribution is 2.15. The van der Waals surface area contributed by atoms with Crippen molar-refractivity contribution in [1.29, 1.82) is 5.26 Å². The van der Waals surface area contributed by atoms with Crippen molar-refractivity contribution >= 4 is 23.4 Å². The largest absolute Gasteiger partial charge is 0.484 e. The Labute approximate surface area is 162 Å². The van der Waals surface area contributed by atoms with E-state index in [1.807, 2.05) is 6.07 Å². The van der Waals surface area contributed by atoms with Gasteiger partial charge in [0.15, 0.2) is 6.61 Å². The average Bonchev–Trinajstić information content (AvgIpc) is 2.72. The van der Waals surface area contributed by atoms with Crippen LogP contribution >= 0.6 is 11.6 Å². The number of ether oxygens (including phenoxy) is 1. The zero-order valence-corrected chi connectivity index (χ0v) is 15.4. The van der Waals surface area contributed by atoms with Gasteiger partial charge in [0, 0.05) is 36.8 Å². The highest BCUT2D eigenvalue weighted by Gasteiger charge is 2.25. The Morgan fingerprint density at radius 1 is 1.04 bits per heavy atom. The van der Waals surface area contributed by atoms with Gasteiger partial charge in [-0.05, 0) is 42.5 Å². The summed E-state index contributed by atoms with van der Waals surface area (Å²) in [5, 5.41) is 9.30. The summed E-state index contributed by atoms with van der Waals surface area (Å²) in [6, 6.07) is 15.5. The molecule has 1 saturated heterocycles. The summed E-state index contributed by atoms with van der Waals surface area (Å²) in [5.74, 6) is 0.324.